The molecule has 20 heavy (non-hydrogen) atoms. The van der Waals surface area contributed by atoms with Gasteiger partial charge in [0.25, 0.3) is 0 Å². The van der Waals surface area contributed by atoms with E-state index in [-0.39, 0.29) is 23.6 Å². The van der Waals surface area contributed by atoms with Crippen molar-refractivity contribution in [2.75, 3.05) is 13.1 Å². The Morgan fingerprint density at radius 2 is 1.90 bits per heavy atom. The third kappa shape index (κ3) is 6.43. The molecule has 110 valence electrons. The lowest BCUT2D eigenvalue weighted by molar-refractivity contribution is -0.125. The maximum atomic E-state index is 11.8. The van der Waals surface area contributed by atoms with Crippen molar-refractivity contribution >= 4 is 39.5 Å². The van der Waals surface area contributed by atoms with Crippen molar-refractivity contribution in [3.8, 4) is 0 Å². The molecule has 0 heterocycles. The Hall–Kier alpha value is -1.01. The number of carbonyl (C=O) groups excluding carboxylic acids is 2. The van der Waals surface area contributed by atoms with Crippen LogP contribution in [0.5, 0.6) is 0 Å². The standard InChI is InChI=1S/C14H19BrN2O2S/c1-3-16-13(18)8-17-14(19)10(2)20-9-11-4-6-12(15)7-5-11/h4-7,10H,3,8-9H2,1-2H3,(H,16,18)(H,17,19)/t10-/m0/s1. The summed E-state index contributed by atoms with van der Waals surface area (Å²) < 4.78 is 1.04. The average Bonchev–Trinajstić information content (AvgIpc) is 2.44. The summed E-state index contributed by atoms with van der Waals surface area (Å²) in [5, 5.41) is 5.08. The molecule has 0 aliphatic heterocycles. The van der Waals surface area contributed by atoms with Gasteiger partial charge < -0.3 is 10.6 Å². The normalized spacial score (nSPS) is 11.8. The molecule has 4 nitrogen and oxygen atoms in total. The predicted octanol–water partition coefficient (Wildman–Crippen LogP) is 2.32. The van der Waals surface area contributed by atoms with E-state index in [1.165, 1.54) is 5.56 Å². The lowest BCUT2D eigenvalue weighted by Crippen LogP contribution is -2.39. The summed E-state index contributed by atoms with van der Waals surface area (Å²) in [7, 11) is 0. The monoisotopic (exact) mass is 358 g/mol. The van der Waals surface area contributed by atoms with E-state index in [1.54, 1.807) is 11.8 Å². The van der Waals surface area contributed by atoms with E-state index in [9.17, 15) is 9.59 Å². The van der Waals surface area contributed by atoms with Gasteiger partial charge in [0.05, 0.1) is 11.8 Å². The number of carbonyl (C=O) groups is 2. The molecule has 0 aromatic heterocycles. The zero-order valence-corrected chi connectivity index (χ0v) is 14.0. The van der Waals surface area contributed by atoms with Crippen LogP contribution >= 0.6 is 27.7 Å². The van der Waals surface area contributed by atoms with E-state index in [0.29, 0.717) is 6.54 Å². The van der Waals surface area contributed by atoms with Crippen molar-refractivity contribution in [1.82, 2.24) is 10.6 Å². The second kappa shape index (κ2) is 9.02. The van der Waals surface area contributed by atoms with Gasteiger partial charge in [-0.05, 0) is 31.5 Å². The number of hydrogen-bond donors (Lipinski definition) is 2. The van der Waals surface area contributed by atoms with Crippen molar-refractivity contribution in [2.24, 2.45) is 0 Å². The van der Waals surface area contributed by atoms with Crippen molar-refractivity contribution in [3.05, 3.63) is 34.3 Å². The Morgan fingerprint density at radius 3 is 2.50 bits per heavy atom. The minimum atomic E-state index is -0.187. The third-order valence-corrected chi connectivity index (χ3v) is 4.32. The molecule has 1 aromatic rings. The maximum Gasteiger partial charge on any atom is 0.239 e. The fraction of sp³-hybridized carbons (Fsp3) is 0.429. The van der Waals surface area contributed by atoms with Crippen LogP contribution < -0.4 is 10.6 Å². The minimum absolute atomic E-state index is 0.0376. The van der Waals surface area contributed by atoms with Crippen LogP contribution in [0, 0.1) is 0 Å². The van der Waals surface area contributed by atoms with Crippen molar-refractivity contribution in [3.63, 3.8) is 0 Å². The van der Waals surface area contributed by atoms with Crippen LogP contribution in [0.3, 0.4) is 0 Å². The largest absolute Gasteiger partial charge is 0.355 e. The van der Waals surface area contributed by atoms with Crippen LogP contribution in [0.25, 0.3) is 0 Å². The Kier molecular flexibility index (Phi) is 7.69. The average molecular weight is 359 g/mol. The van der Waals surface area contributed by atoms with Gasteiger partial charge in [0.1, 0.15) is 0 Å². The van der Waals surface area contributed by atoms with E-state index >= 15 is 0 Å². The highest BCUT2D eigenvalue weighted by Gasteiger charge is 2.14. The fourth-order valence-corrected chi connectivity index (χ4v) is 2.58. The van der Waals surface area contributed by atoms with Crippen LogP contribution in [0.15, 0.2) is 28.7 Å². The quantitative estimate of drug-likeness (QED) is 0.786. The molecule has 1 aromatic carbocycles. The van der Waals surface area contributed by atoms with Crippen LogP contribution in [-0.4, -0.2) is 30.2 Å². The van der Waals surface area contributed by atoms with E-state index in [2.05, 4.69) is 26.6 Å². The van der Waals surface area contributed by atoms with Gasteiger partial charge in [0.15, 0.2) is 0 Å². The summed E-state index contributed by atoms with van der Waals surface area (Å²) in [5.41, 5.74) is 1.17. The first kappa shape index (κ1) is 17.0. The molecule has 1 rings (SSSR count). The predicted molar refractivity (Wildman–Crippen MR) is 86.6 cm³/mol. The summed E-state index contributed by atoms with van der Waals surface area (Å²) in [5.74, 6) is 0.493. The summed E-state index contributed by atoms with van der Waals surface area (Å²) in [4.78, 5) is 23.1. The zero-order chi connectivity index (χ0) is 15.0. The number of amides is 2. The van der Waals surface area contributed by atoms with Crippen molar-refractivity contribution in [1.29, 1.82) is 0 Å². The molecule has 0 spiro atoms. The van der Waals surface area contributed by atoms with Crippen LogP contribution in [0.2, 0.25) is 0 Å². The first-order chi connectivity index (χ1) is 9.52. The second-order valence-corrected chi connectivity index (χ2v) is 6.50. The molecule has 0 aliphatic rings. The molecule has 0 unspecified atom stereocenters. The third-order valence-electron chi connectivity index (χ3n) is 2.58. The molecule has 0 fully saturated rings. The number of thioether (sulfide) groups is 1. The number of halogens is 1. The summed E-state index contributed by atoms with van der Waals surface area (Å²) in [6.45, 7) is 4.30. The Morgan fingerprint density at radius 1 is 1.25 bits per heavy atom. The van der Waals surface area contributed by atoms with Gasteiger partial charge in [-0.1, -0.05) is 28.1 Å². The Labute approximate surface area is 132 Å². The highest BCUT2D eigenvalue weighted by molar-refractivity contribution is 9.10. The molecule has 0 aliphatic carbocycles. The van der Waals surface area contributed by atoms with Crippen LogP contribution in [0.1, 0.15) is 19.4 Å². The summed E-state index contributed by atoms with van der Waals surface area (Å²) in [6, 6.07) is 8.01. The van der Waals surface area contributed by atoms with Gasteiger partial charge in [-0.3, -0.25) is 9.59 Å². The molecular formula is C14H19BrN2O2S. The van der Waals surface area contributed by atoms with E-state index in [0.717, 1.165) is 10.2 Å². The topological polar surface area (TPSA) is 58.2 Å². The highest BCUT2D eigenvalue weighted by Crippen LogP contribution is 2.19. The minimum Gasteiger partial charge on any atom is -0.355 e. The van der Waals surface area contributed by atoms with Gasteiger partial charge >= 0.3 is 0 Å². The molecule has 6 heteroatoms. The van der Waals surface area contributed by atoms with Crippen molar-refractivity contribution in [2.45, 2.75) is 24.9 Å². The molecule has 2 N–H and O–H groups in total. The number of benzene rings is 1. The number of rotatable bonds is 7. The van der Waals surface area contributed by atoms with E-state index in [4.69, 9.17) is 0 Å². The fourth-order valence-electron chi connectivity index (χ4n) is 1.45. The zero-order valence-electron chi connectivity index (χ0n) is 11.6. The Bertz CT molecular complexity index is 451. The van der Waals surface area contributed by atoms with Crippen molar-refractivity contribution < 1.29 is 9.59 Å². The van der Waals surface area contributed by atoms with E-state index < -0.39 is 0 Å². The van der Waals surface area contributed by atoms with Gasteiger partial charge in [-0.2, -0.15) is 0 Å². The SMILES string of the molecule is CCNC(=O)CNC(=O)[C@H](C)SCc1ccc(Br)cc1. The number of hydrogen-bond acceptors (Lipinski definition) is 3. The lowest BCUT2D eigenvalue weighted by atomic mass is 10.2. The van der Waals surface area contributed by atoms with Gasteiger partial charge in [0.2, 0.25) is 11.8 Å². The summed E-state index contributed by atoms with van der Waals surface area (Å²) >= 11 is 4.94. The Balaban J connectivity index is 2.31. The molecule has 1 atom stereocenters. The molecule has 0 bridgehead atoms. The molecule has 2 amide bonds. The molecule has 0 radical (unpaired) electrons. The molecule has 0 saturated heterocycles. The lowest BCUT2D eigenvalue weighted by Gasteiger charge is -2.12. The van der Waals surface area contributed by atoms with Gasteiger partial charge in [-0.15, -0.1) is 11.8 Å². The highest BCUT2D eigenvalue weighted by atomic mass is 79.9. The van der Waals surface area contributed by atoms with E-state index in [1.807, 2.05) is 38.1 Å². The van der Waals surface area contributed by atoms with Crippen LogP contribution in [-0.2, 0) is 15.3 Å². The molecular weight excluding hydrogens is 340 g/mol. The smallest absolute Gasteiger partial charge is 0.239 e. The first-order valence-electron chi connectivity index (χ1n) is 6.43. The van der Waals surface area contributed by atoms with Gasteiger partial charge in [-0.25, -0.2) is 0 Å². The van der Waals surface area contributed by atoms with Crippen LogP contribution in [0.4, 0.5) is 0 Å². The van der Waals surface area contributed by atoms with Gasteiger partial charge in [0, 0.05) is 16.8 Å². The number of nitrogens with one attached hydrogen (secondary N) is 2. The number of likely N-dealkylation sites (N-methyl/N-ethyl adjacent to an activating group) is 1. The maximum absolute atomic E-state index is 11.8. The molecule has 0 saturated carbocycles. The summed E-state index contributed by atoms with van der Waals surface area (Å²) in [6.07, 6.45) is 0. The first-order valence-corrected chi connectivity index (χ1v) is 8.27. The second-order valence-electron chi connectivity index (χ2n) is 4.25.